The molecule has 1 rings (SSSR count). The van der Waals surface area contributed by atoms with Gasteiger partial charge in [-0.05, 0) is 24.6 Å². The molecule has 0 aromatic heterocycles. The number of hydrogen-bond acceptors (Lipinski definition) is 3. The zero-order valence-corrected chi connectivity index (χ0v) is 11.6. The van der Waals surface area contributed by atoms with Crippen molar-refractivity contribution in [3.05, 3.63) is 23.8 Å². The predicted molar refractivity (Wildman–Crippen MR) is 75.4 cm³/mol. The first-order chi connectivity index (χ1) is 9.22. The molecule has 4 heteroatoms. The second kappa shape index (κ2) is 8.17. The maximum Gasteiger partial charge on any atom is 0.213 e. The van der Waals surface area contributed by atoms with E-state index < -0.39 is 0 Å². The van der Waals surface area contributed by atoms with Gasteiger partial charge in [0.25, 0.3) is 0 Å². The van der Waals surface area contributed by atoms with E-state index in [2.05, 4.69) is 11.8 Å². The van der Waals surface area contributed by atoms with Gasteiger partial charge in [0.1, 0.15) is 12.4 Å². The Morgan fingerprint density at radius 2 is 2.21 bits per heavy atom. The Morgan fingerprint density at radius 3 is 2.84 bits per heavy atom. The summed E-state index contributed by atoms with van der Waals surface area (Å²) in [6.07, 6.45) is 1.66. The van der Waals surface area contributed by atoms with Crippen LogP contribution in [0.3, 0.4) is 0 Å². The largest absolute Gasteiger partial charge is 0.491 e. The van der Waals surface area contributed by atoms with Crippen molar-refractivity contribution < 1.29 is 14.3 Å². The third-order valence-corrected chi connectivity index (χ3v) is 2.41. The SMILES string of the molecule is CCCOc1cc(C#CCOC)ccc1N(C)C=O. The van der Waals surface area contributed by atoms with Crippen molar-refractivity contribution in [3.8, 4) is 17.6 Å². The number of carbonyl (C=O) groups excluding carboxylic acids is 1. The van der Waals surface area contributed by atoms with Crippen LogP contribution in [0.2, 0.25) is 0 Å². The van der Waals surface area contributed by atoms with Crippen LogP contribution in [-0.4, -0.2) is 33.8 Å². The molecule has 0 saturated carbocycles. The summed E-state index contributed by atoms with van der Waals surface area (Å²) in [5, 5.41) is 0. The quantitative estimate of drug-likeness (QED) is 0.581. The highest BCUT2D eigenvalue weighted by molar-refractivity contribution is 5.78. The molecule has 4 nitrogen and oxygen atoms in total. The summed E-state index contributed by atoms with van der Waals surface area (Å²) < 4.78 is 10.5. The molecule has 0 saturated heterocycles. The molecule has 0 radical (unpaired) electrons. The third-order valence-electron chi connectivity index (χ3n) is 2.41. The number of amides is 1. The summed E-state index contributed by atoms with van der Waals surface area (Å²) in [7, 11) is 3.30. The molecule has 0 fully saturated rings. The third kappa shape index (κ3) is 4.65. The minimum atomic E-state index is 0.390. The van der Waals surface area contributed by atoms with E-state index in [-0.39, 0.29) is 0 Å². The van der Waals surface area contributed by atoms with Crippen molar-refractivity contribution in [1.82, 2.24) is 0 Å². The lowest BCUT2D eigenvalue weighted by Gasteiger charge is -2.16. The Balaban J connectivity index is 3.01. The smallest absolute Gasteiger partial charge is 0.213 e. The van der Waals surface area contributed by atoms with Crippen molar-refractivity contribution in [2.45, 2.75) is 13.3 Å². The molecule has 1 aromatic rings. The van der Waals surface area contributed by atoms with Gasteiger partial charge >= 0.3 is 0 Å². The van der Waals surface area contributed by atoms with E-state index in [1.165, 1.54) is 4.90 Å². The van der Waals surface area contributed by atoms with Crippen molar-refractivity contribution in [2.75, 3.05) is 32.3 Å². The van der Waals surface area contributed by atoms with E-state index in [1.807, 2.05) is 25.1 Å². The molecule has 102 valence electrons. The molecule has 0 aliphatic rings. The number of nitrogens with zero attached hydrogens (tertiary/aromatic N) is 1. The first-order valence-corrected chi connectivity index (χ1v) is 6.15. The van der Waals surface area contributed by atoms with Crippen molar-refractivity contribution in [2.24, 2.45) is 0 Å². The Kier molecular flexibility index (Phi) is 6.48. The van der Waals surface area contributed by atoms with Crippen LogP contribution in [-0.2, 0) is 9.53 Å². The lowest BCUT2D eigenvalue weighted by molar-refractivity contribution is -0.107. The number of ether oxygens (including phenoxy) is 2. The molecule has 0 spiro atoms. The fourth-order valence-corrected chi connectivity index (χ4v) is 1.48. The zero-order chi connectivity index (χ0) is 14.1. The first kappa shape index (κ1) is 15.1. The topological polar surface area (TPSA) is 38.8 Å². The summed E-state index contributed by atoms with van der Waals surface area (Å²) in [4.78, 5) is 12.3. The Bertz CT molecular complexity index is 474. The molecule has 0 heterocycles. The molecule has 19 heavy (non-hydrogen) atoms. The van der Waals surface area contributed by atoms with Crippen LogP contribution in [0.15, 0.2) is 18.2 Å². The van der Waals surface area contributed by atoms with Crippen LogP contribution in [0, 0.1) is 11.8 Å². The predicted octanol–water partition coefficient (Wildman–Crippen LogP) is 2.07. The summed E-state index contributed by atoms with van der Waals surface area (Å²) in [6, 6.07) is 5.53. The number of methoxy groups -OCH3 is 1. The van der Waals surface area contributed by atoms with Gasteiger partial charge in [-0.1, -0.05) is 18.8 Å². The van der Waals surface area contributed by atoms with Gasteiger partial charge in [-0.15, -0.1) is 0 Å². The van der Waals surface area contributed by atoms with E-state index in [4.69, 9.17) is 9.47 Å². The first-order valence-electron chi connectivity index (χ1n) is 6.15. The molecular weight excluding hydrogens is 242 g/mol. The lowest BCUT2D eigenvalue weighted by atomic mass is 10.2. The second-order valence-corrected chi connectivity index (χ2v) is 3.98. The highest BCUT2D eigenvalue weighted by Gasteiger charge is 2.08. The summed E-state index contributed by atoms with van der Waals surface area (Å²) in [5.74, 6) is 6.54. The Labute approximate surface area is 114 Å². The van der Waals surface area contributed by atoms with E-state index in [0.29, 0.717) is 19.0 Å². The van der Waals surface area contributed by atoms with Gasteiger partial charge < -0.3 is 14.4 Å². The fraction of sp³-hybridized carbons (Fsp3) is 0.400. The monoisotopic (exact) mass is 261 g/mol. The number of hydrogen-bond donors (Lipinski definition) is 0. The Hall–Kier alpha value is -1.99. The average Bonchev–Trinajstić information content (AvgIpc) is 2.44. The second-order valence-electron chi connectivity index (χ2n) is 3.98. The minimum absolute atomic E-state index is 0.390. The van der Waals surface area contributed by atoms with Crippen LogP contribution in [0.5, 0.6) is 5.75 Å². The Morgan fingerprint density at radius 1 is 1.42 bits per heavy atom. The molecule has 0 bridgehead atoms. The normalized spacial score (nSPS) is 9.42. The maximum atomic E-state index is 10.9. The van der Waals surface area contributed by atoms with E-state index in [1.54, 1.807) is 14.2 Å². The van der Waals surface area contributed by atoms with Gasteiger partial charge in [-0.3, -0.25) is 4.79 Å². The highest BCUT2D eigenvalue weighted by Crippen LogP contribution is 2.28. The van der Waals surface area contributed by atoms with Crippen LogP contribution >= 0.6 is 0 Å². The minimum Gasteiger partial charge on any atom is -0.491 e. The molecule has 0 atom stereocenters. The van der Waals surface area contributed by atoms with Gasteiger partial charge in [0.2, 0.25) is 6.41 Å². The molecule has 1 amide bonds. The maximum absolute atomic E-state index is 10.9. The number of anilines is 1. The van der Waals surface area contributed by atoms with Crippen LogP contribution in [0.25, 0.3) is 0 Å². The van der Waals surface area contributed by atoms with Gasteiger partial charge in [0.05, 0.1) is 12.3 Å². The van der Waals surface area contributed by atoms with Gasteiger partial charge in [-0.25, -0.2) is 0 Å². The average molecular weight is 261 g/mol. The summed E-state index contributed by atoms with van der Waals surface area (Å²) in [5.41, 5.74) is 1.58. The molecule has 1 aromatic carbocycles. The van der Waals surface area contributed by atoms with Crippen LogP contribution < -0.4 is 9.64 Å². The van der Waals surface area contributed by atoms with Crippen molar-refractivity contribution in [3.63, 3.8) is 0 Å². The van der Waals surface area contributed by atoms with Crippen LogP contribution in [0.1, 0.15) is 18.9 Å². The molecule has 0 aliphatic carbocycles. The zero-order valence-electron chi connectivity index (χ0n) is 11.6. The van der Waals surface area contributed by atoms with Gasteiger partial charge in [0.15, 0.2) is 0 Å². The van der Waals surface area contributed by atoms with Crippen LogP contribution in [0.4, 0.5) is 5.69 Å². The molecular formula is C15H19NO3. The number of rotatable bonds is 6. The van der Waals surface area contributed by atoms with E-state index >= 15 is 0 Å². The summed E-state index contributed by atoms with van der Waals surface area (Å²) >= 11 is 0. The van der Waals surface area contributed by atoms with Gasteiger partial charge in [0, 0.05) is 19.7 Å². The lowest BCUT2D eigenvalue weighted by Crippen LogP contribution is -2.15. The number of carbonyl (C=O) groups is 1. The van der Waals surface area contributed by atoms with Crippen molar-refractivity contribution >= 4 is 12.1 Å². The molecule has 0 unspecified atom stereocenters. The summed E-state index contributed by atoms with van der Waals surface area (Å²) in [6.45, 7) is 3.03. The highest BCUT2D eigenvalue weighted by atomic mass is 16.5. The molecule has 0 aliphatic heterocycles. The van der Waals surface area contributed by atoms with E-state index in [9.17, 15) is 4.79 Å². The van der Waals surface area contributed by atoms with Gasteiger partial charge in [-0.2, -0.15) is 0 Å². The van der Waals surface area contributed by atoms with E-state index in [0.717, 1.165) is 24.1 Å². The molecule has 0 N–H and O–H groups in total. The standard InChI is InChI=1S/C15H19NO3/c1-4-9-19-15-11-13(6-5-10-18-3)7-8-14(15)16(2)12-17/h7-8,11-12H,4,9-10H2,1-3H3. The fourth-order valence-electron chi connectivity index (χ4n) is 1.48. The van der Waals surface area contributed by atoms with Crippen molar-refractivity contribution in [1.29, 1.82) is 0 Å². The number of benzene rings is 1.